The Kier molecular flexibility index (Phi) is 8.08. The van der Waals surface area contributed by atoms with Gasteiger partial charge >= 0.3 is 0 Å². The molecule has 0 radical (unpaired) electrons. The SMILES string of the molecule is Cc1cccc(C2(C(=O)Nc3ccc(OCCCN4CCC[C@@H](C)C4)cc3)CCCCC2)c1. The second kappa shape index (κ2) is 11.2. The number of anilines is 1. The van der Waals surface area contributed by atoms with E-state index in [9.17, 15) is 4.79 Å². The number of nitrogens with zero attached hydrogens (tertiary/aromatic N) is 1. The number of likely N-dealkylation sites (tertiary alicyclic amines) is 1. The largest absolute Gasteiger partial charge is 0.494 e. The highest BCUT2D eigenvalue weighted by Crippen LogP contribution is 2.40. The second-order valence-electron chi connectivity index (χ2n) is 10.2. The van der Waals surface area contributed by atoms with E-state index in [0.29, 0.717) is 0 Å². The molecule has 0 bridgehead atoms. The molecule has 1 aliphatic heterocycles. The van der Waals surface area contributed by atoms with E-state index in [2.05, 4.69) is 48.3 Å². The zero-order valence-electron chi connectivity index (χ0n) is 20.4. The monoisotopic (exact) mass is 448 g/mol. The highest BCUT2D eigenvalue weighted by Gasteiger charge is 2.41. The Morgan fingerprint density at radius 2 is 1.88 bits per heavy atom. The van der Waals surface area contributed by atoms with Crippen LogP contribution in [-0.2, 0) is 10.2 Å². The van der Waals surface area contributed by atoms with Gasteiger partial charge in [-0.1, -0.05) is 56.0 Å². The maximum atomic E-state index is 13.5. The lowest BCUT2D eigenvalue weighted by atomic mass is 9.68. The highest BCUT2D eigenvalue weighted by atomic mass is 16.5. The lowest BCUT2D eigenvalue weighted by Gasteiger charge is -2.36. The van der Waals surface area contributed by atoms with Crippen molar-refractivity contribution in [3.8, 4) is 5.75 Å². The number of piperidine rings is 1. The van der Waals surface area contributed by atoms with E-state index in [-0.39, 0.29) is 5.91 Å². The molecule has 1 aliphatic carbocycles. The first kappa shape index (κ1) is 23.8. The Hall–Kier alpha value is -2.33. The van der Waals surface area contributed by atoms with Gasteiger partial charge in [0.05, 0.1) is 12.0 Å². The van der Waals surface area contributed by atoms with Gasteiger partial charge in [-0.2, -0.15) is 0 Å². The Balaban J connectivity index is 1.31. The van der Waals surface area contributed by atoms with E-state index in [1.165, 1.54) is 37.9 Å². The van der Waals surface area contributed by atoms with Crippen LogP contribution < -0.4 is 10.1 Å². The van der Waals surface area contributed by atoms with Gasteiger partial charge in [0.2, 0.25) is 5.91 Å². The van der Waals surface area contributed by atoms with Crippen LogP contribution in [0.3, 0.4) is 0 Å². The van der Waals surface area contributed by atoms with Crippen molar-refractivity contribution in [2.75, 3.05) is 31.6 Å². The topological polar surface area (TPSA) is 41.6 Å². The summed E-state index contributed by atoms with van der Waals surface area (Å²) in [4.78, 5) is 16.1. The normalized spacial score (nSPS) is 20.8. The van der Waals surface area contributed by atoms with Crippen molar-refractivity contribution < 1.29 is 9.53 Å². The van der Waals surface area contributed by atoms with Gasteiger partial charge in [0, 0.05) is 18.8 Å². The molecule has 4 nitrogen and oxygen atoms in total. The minimum atomic E-state index is -0.425. The quantitative estimate of drug-likeness (QED) is 0.479. The Morgan fingerprint density at radius 1 is 1.09 bits per heavy atom. The molecule has 2 aliphatic rings. The zero-order valence-corrected chi connectivity index (χ0v) is 20.4. The molecule has 0 unspecified atom stereocenters. The minimum absolute atomic E-state index is 0.122. The highest BCUT2D eigenvalue weighted by molar-refractivity contribution is 5.99. The lowest BCUT2D eigenvalue weighted by Crippen LogP contribution is -2.42. The minimum Gasteiger partial charge on any atom is -0.494 e. The van der Waals surface area contributed by atoms with Crippen molar-refractivity contribution in [3.05, 3.63) is 59.7 Å². The van der Waals surface area contributed by atoms with Crippen molar-refractivity contribution >= 4 is 11.6 Å². The average Bonchev–Trinajstić information content (AvgIpc) is 2.83. The molecule has 4 rings (SSSR count). The van der Waals surface area contributed by atoms with Gasteiger partial charge in [0.25, 0.3) is 0 Å². The molecule has 1 saturated carbocycles. The molecule has 178 valence electrons. The predicted molar refractivity (Wildman–Crippen MR) is 136 cm³/mol. The second-order valence-corrected chi connectivity index (χ2v) is 10.2. The molecule has 1 amide bonds. The number of nitrogens with one attached hydrogen (secondary N) is 1. The molecule has 2 aromatic carbocycles. The zero-order chi connectivity index (χ0) is 23.1. The van der Waals surface area contributed by atoms with E-state index in [1.807, 2.05) is 24.3 Å². The number of benzene rings is 2. The number of aryl methyl sites for hydroxylation is 1. The van der Waals surface area contributed by atoms with Gasteiger partial charge in [0.15, 0.2) is 0 Å². The number of carbonyl (C=O) groups is 1. The van der Waals surface area contributed by atoms with E-state index in [1.54, 1.807) is 0 Å². The summed E-state index contributed by atoms with van der Waals surface area (Å²) in [5.74, 6) is 1.81. The molecular weight excluding hydrogens is 408 g/mol. The van der Waals surface area contributed by atoms with Crippen molar-refractivity contribution in [2.45, 2.75) is 70.6 Å². The third-order valence-electron chi connectivity index (χ3n) is 7.45. The van der Waals surface area contributed by atoms with Crippen LogP contribution in [0.25, 0.3) is 0 Å². The smallest absolute Gasteiger partial charge is 0.235 e. The number of hydrogen-bond donors (Lipinski definition) is 1. The standard InChI is InChI=1S/C29H40N2O2/c1-23-9-6-11-25(21-23)29(16-4-3-5-17-29)28(32)30-26-12-14-27(15-13-26)33-20-8-19-31-18-7-10-24(2)22-31/h6,9,11-15,21,24H,3-5,7-8,10,16-20,22H2,1-2H3,(H,30,32)/t24-/m1/s1. The Bertz CT molecular complexity index is 902. The summed E-state index contributed by atoms with van der Waals surface area (Å²) >= 11 is 0. The van der Waals surface area contributed by atoms with Gasteiger partial charge < -0.3 is 15.0 Å². The predicted octanol–water partition coefficient (Wildman–Crippen LogP) is 6.34. The number of hydrogen-bond acceptors (Lipinski definition) is 3. The summed E-state index contributed by atoms with van der Waals surface area (Å²) in [6.45, 7) is 8.73. The molecule has 4 heteroatoms. The van der Waals surface area contributed by atoms with E-state index < -0.39 is 5.41 Å². The summed E-state index contributed by atoms with van der Waals surface area (Å²) in [5.41, 5.74) is 2.78. The summed E-state index contributed by atoms with van der Waals surface area (Å²) in [6.07, 6.45) is 8.98. The molecule has 2 aromatic rings. The molecule has 33 heavy (non-hydrogen) atoms. The first-order valence-corrected chi connectivity index (χ1v) is 12.9. The van der Waals surface area contributed by atoms with Crippen molar-refractivity contribution in [1.82, 2.24) is 4.90 Å². The number of rotatable bonds is 8. The number of ether oxygens (including phenoxy) is 1. The van der Waals surface area contributed by atoms with Crippen LogP contribution in [0, 0.1) is 12.8 Å². The van der Waals surface area contributed by atoms with Gasteiger partial charge in [-0.15, -0.1) is 0 Å². The molecule has 2 fully saturated rings. The fraction of sp³-hybridized carbons (Fsp3) is 0.552. The summed E-state index contributed by atoms with van der Waals surface area (Å²) < 4.78 is 5.96. The Morgan fingerprint density at radius 3 is 2.61 bits per heavy atom. The van der Waals surface area contributed by atoms with Gasteiger partial charge in [0.1, 0.15) is 5.75 Å². The van der Waals surface area contributed by atoms with Crippen LogP contribution in [-0.4, -0.2) is 37.0 Å². The van der Waals surface area contributed by atoms with Gasteiger partial charge in [-0.25, -0.2) is 0 Å². The number of carbonyl (C=O) groups excluding carboxylic acids is 1. The third-order valence-corrected chi connectivity index (χ3v) is 7.45. The van der Waals surface area contributed by atoms with Crippen molar-refractivity contribution in [3.63, 3.8) is 0 Å². The first-order chi connectivity index (χ1) is 16.0. The van der Waals surface area contributed by atoms with Crippen LogP contribution >= 0.6 is 0 Å². The van der Waals surface area contributed by atoms with Gasteiger partial charge in [-0.3, -0.25) is 4.79 Å². The van der Waals surface area contributed by atoms with E-state index >= 15 is 0 Å². The fourth-order valence-corrected chi connectivity index (χ4v) is 5.60. The van der Waals surface area contributed by atoms with Crippen LogP contribution in [0.2, 0.25) is 0 Å². The van der Waals surface area contributed by atoms with Gasteiger partial charge in [-0.05, 0) is 81.3 Å². The molecule has 1 heterocycles. The van der Waals surface area contributed by atoms with E-state index in [4.69, 9.17) is 4.74 Å². The summed E-state index contributed by atoms with van der Waals surface area (Å²) in [7, 11) is 0. The molecule has 1 saturated heterocycles. The van der Waals surface area contributed by atoms with Crippen LogP contribution in [0.15, 0.2) is 48.5 Å². The summed E-state index contributed by atoms with van der Waals surface area (Å²) in [6, 6.07) is 16.4. The molecule has 0 aromatic heterocycles. The maximum Gasteiger partial charge on any atom is 0.235 e. The summed E-state index contributed by atoms with van der Waals surface area (Å²) in [5, 5.41) is 3.21. The van der Waals surface area contributed by atoms with Crippen LogP contribution in [0.1, 0.15) is 69.4 Å². The van der Waals surface area contributed by atoms with E-state index in [0.717, 1.165) is 68.2 Å². The lowest BCUT2D eigenvalue weighted by molar-refractivity contribution is -0.122. The molecule has 0 spiro atoms. The number of amides is 1. The Labute approximate surface area is 199 Å². The van der Waals surface area contributed by atoms with Crippen molar-refractivity contribution in [2.24, 2.45) is 5.92 Å². The molecule has 1 N–H and O–H groups in total. The maximum absolute atomic E-state index is 13.5. The van der Waals surface area contributed by atoms with Crippen molar-refractivity contribution in [1.29, 1.82) is 0 Å². The first-order valence-electron chi connectivity index (χ1n) is 12.9. The molecule has 1 atom stereocenters. The third kappa shape index (κ3) is 6.17. The average molecular weight is 449 g/mol. The molecular formula is C29H40N2O2. The van der Waals surface area contributed by atoms with Crippen LogP contribution in [0.5, 0.6) is 5.75 Å². The van der Waals surface area contributed by atoms with Crippen LogP contribution in [0.4, 0.5) is 5.69 Å². The fourth-order valence-electron chi connectivity index (χ4n) is 5.60.